The zero-order valence-corrected chi connectivity index (χ0v) is 9.72. The molecule has 0 atom stereocenters. The summed E-state index contributed by atoms with van der Waals surface area (Å²) in [7, 11) is 2.81. The van der Waals surface area contributed by atoms with Crippen LogP contribution in [-0.4, -0.2) is 25.3 Å². The summed E-state index contributed by atoms with van der Waals surface area (Å²) in [6.07, 6.45) is 0. The van der Waals surface area contributed by atoms with E-state index >= 15 is 0 Å². The maximum absolute atomic E-state index is 11.9. The smallest absolute Gasteiger partial charge is 0.371 e. The second-order valence-electron chi connectivity index (χ2n) is 3.45. The zero-order chi connectivity index (χ0) is 13.3. The summed E-state index contributed by atoms with van der Waals surface area (Å²) < 4.78 is 15.2. The Kier molecular flexibility index (Phi) is 2.93. The van der Waals surface area contributed by atoms with Crippen LogP contribution in [-0.2, 0) is 0 Å². The number of carboxylic acids is 1. The van der Waals surface area contributed by atoms with Crippen LogP contribution in [0.25, 0.3) is 11.0 Å². The molecular weight excluding hydrogens is 240 g/mol. The van der Waals surface area contributed by atoms with Crippen molar-refractivity contribution in [3.63, 3.8) is 0 Å². The number of aromatic carboxylic acids is 1. The third kappa shape index (κ3) is 1.77. The molecule has 1 N–H and O–H groups in total. The van der Waals surface area contributed by atoms with Crippen molar-refractivity contribution in [2.75, 3.05) is 14.2 Å². The van der Waals surface area contributed by atoms with Gasteiger partial charge < -0.3 is 19.0 Å². The lowest BCUT2D eigenvalue weighted by molar-refractivity contribution is 0.0663. The summed E-state index contributed by atoms with van der Waals surface area (Å²) in [6.45, 7) is 0. The van der Waals surface area contributed by atoms with Crippen molar-refractivity contribution in [2.45, 2.75) is 0 Å². The van der Waals surface area contributed by atoms with Gasteiger partial charge in [-0.2, -0.15) is 0 Å². The van der Waals surface area contributed by atoms with Gasteiger partial charge in [-0.15, -0.1) is 0 Å². The lowest BCUT2D eigenvalue weighted by atomic mass is 10.2. The molecule has 6 heteroatoms. The molecule has 0 bridgehead atoms. The van der Waals surface area contributed by atoms with Gasteiger partial charge >= 0.3 is 5.97 Å². The van der Waals surface area contributed by atoms with E-state index in [-0.39, 0.29) is 16.7 Å². The molecule has 0 amide bonds. The van der Waals surface area contributed by atoms with Crippen LogP contribution in [0.15, 0.2) is 27.4 Å². The fourth-order valence-electron chi connectivity index (χ4n) is 1.65. The van der Waals surface area contributed by atoms with Gasteiger partial charge in [-0.3, -0.25) is 4.79 Å². The van der Waals surface area contributed by atoms with Gasteiger partial charge in [0.15, 0.2) is 16.8 Å². The molecule has 0 saturated carbocycles. The molecule has 18 heavy (non-hydrogen) atoms. The minimum atomic E-state index is -1.32. The first-order valence-corrected chi connectivity index (χ1v) is 5.00. The molecule has 0 unspecified atom stereocenters. The van der Waals surface area contributed by atoms with Crippen LogP contribution in [0.4, 0.5) is 0 Å². The van der Waals surface area contributed by atoms with Crippen molar-refractivity contribution in [2.24, 2.45) is 0 Å². The average molecular weight is 250 g/mol. The van der Waals surface area contributed by atoms with Crippen molar-refractivity contribution in [1.82, 2.24) is 0 Å². The molecule has 2 aromatic rings. The van der Waals surface area contributed by atoms with Crippen LogP contribution < -0.4 is 14.9 Å². The van der Waals surface area contributed by atoms with Crippen molar-refractivity contribution in [3.05, 3.63) is 34.2 Å². The van der Waals surface area contributed by atoms with Gasteiger partial charge in [0.1, 0.15) is 11.1 Å². The van der Waals surface area contributed by atoms with Crippen LogP contribution in [0.3, 0.4) is 0 Å². The predicted octanol–water partition coefficient (Wildman–Crippen LogP) is 1.51. The van der Waals surface area contributed by atoms with E-state index in [0.29, 0.717) is 5.75 Å². The van der Waals surface area contributed by atoms with Crippen LogP contribution in [0.2, 0.25) is 0 Å². The Morgan fingerprint density at radius 2 is 1.83 bits per heavy atom. The first kappa shape index (κ1) is 12.0. The molecule has 0 saturated heterocycles. The van der Waals surface area contributed by atoms with Crippen LogP contribution in [0.5, 0.6) is 11.5 Å². The number of rotatable bonds is 3. The normalized spacial score (nSPS) is 10.3. The number of ether oxygens (including phenoxy) is 2. The first-order chi connectivity index (χ1) is 8.58. The van der Waals surface area contributed by atoms with Crippen molar-refractivity contribution in [1.29, 1.82) is 0 Å². The van der Waals surface area contributed by atoms with Gasteiger partial charge in [-0.05, 0) is 12.1 Å². The standard InChI is InChI=1S/C12H10O6/c1-16-7-3-4-8(17-2)11-10(7)6(13)5-9(18-11)12(14)15/h3-5H,1-2H3,(H,14,15). The summed E-state index contributed by atoms with van der Waals surface area (Å²) in [4.78, 5) is 22.7. The van der Waals surface area contributed by atoms with E-state index in [4.69, 9.17) is 19.0 Å². The lowest BCUT2D eigenvalue weighted by Crippen LogP contribution is -2.08. The molecule has 1 aromatic heterocycles. The molecule has 0 aliphatic rings. The topological polar surface area (TPSA) is 86.0 Å². The minimum Gasteiger partial charge on any atom is -0.496 e. The van der Waals surface area contributed by atoms with E-state index in [1.165, 1.54) is 20.3 Å². The Balaban J connectivity index is 2.93. The van der Waals surface area contributed by atoms with Gasteiger partial charge in [-0.25, -0.2) is 4.79 Å². The molecule has 0 aliphatic carbocycles. The molecule has 2 rings (SSSR count). The van der Waals surface area contributed by atoms with Gasteiger partial charge in [0.05, 0.1) is 14.2 Å². The van der Waals surface area contributed by atoms with Crippen molar-refractivity contribution < 1.29 is 23.8 Å². The molecule has 0 radical (unpaired) electrons. The summed E-state index contributed by atoms with van der Waals surface area (Å²) >= 11 is 0. The lowest BCUT2D eigenvalue weighted by Gasteiger charge is -2.08. The highest BCUT2D eigenvalue weighted by atomic mass is 16.5. The molecule has 0 fully saturated rings. The van der Waals surface area contributed by atoms with E-state index < -0.39 is 17.2 Å². The Labute approximate surface area is 101 Å². The molecule has 1 aromatic carbocycles. The third-order valence-electron chi connectivity index (χ3n) is 2.45. The van der Waals surface area contributed by atoms with Gasteiger partial charge in [0, 0.05) is 6.07 Å². The fourth-order valence-corrected chi connectivity index (χ4v) is 1.65. The van der Waals surface area contributed by atoms with Crippen molar-refractivity contribution >= 4 is 16.9 Å². The van der Waals surface area contributed by atoms with E-state index in [1.54, 1.807) is 6.07 Å². The minimum absolute atomic E-state index is 0.0572. The SMILES string of the molecule is COc1ccc(OC)c2c(=O)cc(C(=O)O)oc12. The summed E-state index contributed by atoms with van der Waals surface area (Å²) in [6, 6.07) is 4.00. The second kappa shape index (κ2) is 4.40. The van der Waals surface area contributed by atoms with Gasteiger partial charge in [-0.1, -0.05) is 0 Å². The Morgan fingerprint density at radius 3 is 2.39 bits per heavy atom. The molecular formula is C12H10O6. The van der Waals surface area contributed by atoms with E-state index in [2.05, 4.69) is 0 Å². The molecule has 94 valence electrons. The van der Waals surface area contributed by atoms with Crippen LogP contribution in [0, 0.1) is 0 Å². The third-order valence-corrected chi connectivity index (χ3v) is 2.45. The molecule has 0 spiro atoms. The number of benzene rings is 1. The quantitative estimate of drug-likeness (QED) is 0.888. The highest BCUT2D eigenvalue weighted by Crippen LogP contribution is 2.31. The highest BCUT2D eigenvalue weighted by Gasteiger charge is 2.17. The molecule has 0 aliphatic heterocycles. The fraction of sp³-hybridized carbons (Fsp3) is 0.167. The largest absolute Gasteiger partial charge is 0.496 e. The van der Waals surface area contributed by atoms with Crippen molar-refractivity contribution in [3.8, 4) is 11.5 Å². The number of carbonyl (C=O) groups is 1. The summed E-state index contributed by atoms with van der Waals surface area (Å²) in [5.41, 5.74) is -0.439. The van der Waals surface area contributed by atoms with E-state index in [0.717, 1.165) is 6.07 Å². The van der Waals surface area contributed by atoms with Crippen LogP contribution >= 0.6 is 0 Å². The maximum atomic E-state index is 11.9. The number of fused-ring (bicyclic) bond motifs is 1. The Hall–Kier alpha value is -2.50. The number of carboxylic acid groups (broad SMARTS) is 1. The van der Waals surface area contributed by atoms with Gasteiger partial charge in [0.2, 0.25) is 5.76 Å². The summed E-state index contributed by atoms with van der Waals surface area (Å²) in [5.74, 6) is -1.19. The molecule has 1 heterocycles. The average Bonchev–Trinajstić information content (AvgIpc) is 2.37. The van der Waals surface area contributed by atoms with Gasteiger partial charge in [0.25, 0.3) is 0 Å². The van der Waals surface area contributed by atoms with Crippen LogP contribution in [0.1, 0.15) is 10.6 Å². The maximum Gasteiger partial charge on any atom is 0.371 e. The number of hydrogen-bond donors (Lipinski definition) is 1. The molecule has 6 nitrogen and oxygen atoms in total. The highest BCUT2D eigenvalue weighted by molar-refractivity contribution is 5.92. The second-order valence-corrected chi connectivity index (χ2v) is 3.45. The Morgan fingerprint density at radius 1 is 1.22 bits per heavy atom. The summed E-state index contributed by atoms with van der Waals surface area (Å²) in [5, 5.41) is 9.01. The number of hydrogen-bond acceptors (Lipinski definition) is 5. The first-order valence-electron chi connectivity index (χ1n) is 5.00. The zero-order valence-electron chi connectivity index (χ0n) is 9.72. The number of methoxy groups -OCH3 is 2. The Bertz CT molecular complexity index is 670. The monoisotopic (exact) mass is 250 g/mol. The van der Waals surface area contributed by atoms with E-state index in [9.17, 15) is 9.59 Å². The van der Waals surface area contributed by atoms with E-state index in [1.807, 2.05) is 0 Å². The predicted molar refractivity (Wildman–Crippen MR) is 62.5 cm³/mol.